The molecule has 1 aliphatic rings. The quantitative estimate of drug-likeness (QED) is 0.300. The molecule has 0 aliphatic carbocycles. The van der Waals surface area contributed by atoms with Gasteiger partial charge in [-0.2, -0.15) is 0 Å². The molecule has 1 heterocycles. The minimum Gasteiger partial charge on any atom is -0.378 e. The van der Waals surface area contributed by atoms with Crippen LogP contribution in [0.5, 0.6) is 0 Å². The van der Waals surface area contributed by atoms with Gasteiger partial charge in [0.15, 0.2) is 0 Å². The van der Waals surface area contributed by atoms with Crippen LogP contribution in [0.3, 0.4) is 0 Å². The van der Waals surface area contributed by atoms with Gasteiger partial charge >= 0.3 is 0 Å². The van der Waals surface area contributed by atoms with E-state index in [2.05, 4.69) is 5.64 Å². The van der Waals surface area contributed by atoms with Crippen molar-refractivity contribution >= 4 is 16.4 Å². The molecule has 0 bridgehead atoms. The molecule has 6 nitrogen and oxygen atoms in total. The van der Waals surface area contributed by atoms with Gasteiger partial charge in [-0.1, -0.05) is 5.64 Å². The predicted octanol–water partition coefficient (Wildman–Crippen LogP) is 1.91. The van der Waals surface area contributed by atoms with Crippen LogP contribution in [0.4, 0.5) is 4.39 Å². The number of halogens is 1. The van der Waals surface area contributed by atoms with Gasteiger partial charge in [-0.05, 0) is 41.5 Å². The summed E-state index contributed by atoms with van der Waals surface area (Å²) in [5.41, 5.74) is 2.41. The van der Waals surface area contributed by atoms with Crippen molar-refractivity contribution in [2.24, 2.45) is 0 Å². The lowest BCUT2D eigenvalue weighted by Gasteiger charge is -2.36. The largest absolute Gasteiger partial charge is 0.378 e. The highest BCUT2D eigenvalue weighted by molar-refractivity contribution is 7.44. The molecule has 0 aromatic carbocycles. The maximum absolute atomic E-state index is 14.4. The molecule has 1 aliphatic heterocycles. The Labute approximate surface area is 136 Å². The molecular formula is C13H29BFN2O4P. The molecule has 1 rings (SSSR count). The zero-order valence-corrected chi connectivity index (χ0v) is 15.2. The Balaban J connectivity index is 2.85. The summed E-state index contributed by atoms with van der Waals surface area (Å²) in [6.45, 7) is 10.3. The summed E-state index contributed by atoms with van der Waals surface area (Å²) in [6, 6.07) is -0.313. The summed E-state index contributed by atoms with van der Waals surface area (Å²) >= 11 is 0. The van der Waals surface area contributed by atoms with E-state index in [4.69, 9.17) is 20.1 Å². The topological polar surface area (TPSA) is 52.2 Å². The third kappa shape index (κ3) is 5.37. The van der Waals surface area contributed by atoms with E-state index in [0.717, 1.165) is 0 Å². The van der Waals surface area contributed by atoms with Crippen LogP contribution >= 0.6 is 8.53 Å². The summed E-state index contributed by atoms with van der Waals surface area (Å²) in [4.78, 5) is 5.01. The number of rotatable bonds is 9. The van der Waals surface area contributed by atoms with Crippen molar-refractivity contribution in [1.82, 2.24) is 10.3 Å². The molecule has 0 amide bonds. The summed E-state index contributed by atoms with van der Waals surface area (Å²) in [5, 5.41) is 0. The first-order valence-electron chi connectivity index (χ1n) is 8.41. The average molecular weight is 339 g/mol. The minimum absolute atomic E-state index is 0.0547. The average Bonchev–Trinajstić information content (AvgIpc) is 2.74. The van der Waals surface area contributed by atoms with Gasteiger partial charge in [-0.25, -0.2) is 13.7 Å². The molecule has 9 heteroatoms. The van der Waals surface area contributed by atoms with Crippen LogP contribution in [-0.2, 0) is 18.7 Å². The molecule has 1 unspecified atom stereocenters. The van der Waals surface area contributed by atoms with E-state index in [1.165, 1.54) is 0 Å². The van der Waals surface area contributed by atoms with Gasteiger partial charge in [0.1, 0.15) is 20.1 Å². The number of ether oxygens (including phenoxy) is 1. The Morgan fingerprint density at radius 3 is 2.55 bits per heavy atom. The van der Waals surface area contributed by atoms with E-state index in [-0.39, 0.29) is 19.0 Å². The van der Waals surface area contributed by atoms with Crippen molar-refractivity contribution in [3.05, 3.63) is 0 Å². The van der Waals surface area contributed by atoms with Crippen LogP contribution in [0.25, 0.3) is 0 Å². The summed E-state index contributed by atoms with van der Waals surface area (Å²) in [7, 11) is 0.0439. The van der Waals surface area contributed by atoms with E-state index in [9.17, 15) is 4.39 Å². The number of alkyl halides is 1. The summed E-state index contributed by atoms with van der Waals surface area (Å²) < 4.78 is 40.8. The second-order valence-electron chi connectivity index (χ2n) is 5.81. The maximum atomic E-state index is 14.4. The van der Waals surface area contributed by atoms with Gasteiger partial charge in [0.05, 0.1) is 18.7 Å². The summed E-state index contributed by atoms with van der Waals surface area (Å²) in [5.74, 6) is 0. The lowest BCUT2D eigenvalue weighted by molar-refractivity contribution is -0.112. The number of nitrogens with one attached hydrogen (secondary N) is 1. The SMILES string of the molecule is [2H]C[C@H]1O[C@@H](B)[C@@H](F)[C@@H]1OP(ONOCC)N(C(C)C)C(C)C. The molecular weight excluding hydrogens is 309 g/mol. The van der Waals surface area contributed by atoms with E-state index >= 15 is 0 Å². The lowest BCUT2D eigenvalue weighted by atomic mass is 9.94. The van der Waals surface area contributed by atoms with Crippen LogP contribution in [0.15, 0.2) is 0 Å². The van der Waals surface area contributed by atoms with Crippen LogP contribution in [0, 0.1) is 0 Å². The number of hydrogen-bond acceptors (Lipinski definition) is 6. The van der Waals surface area contributed by atoms with Crippen LogP contribution in [-0.4, -0.2) is 55.6 Å². The van der Waals surface area contributed by atoms with Crippen molar-refractivity contribution in [1.29, 1.82) is 0 Å². The fourth-order valence-electron chi connectivity index (χ4n) is 2.34. The zero-order valence-electron chi connectivity index (χ0n) is 15.3. The molecule has 0 radical (unpaired) electrons. The van der Waals surface area contributed by atoms with Gasteiger partial charge < -0.3 is 9.26 Å². The van der Waals surface area contributed by atoms with E-state index in [1.54, 1.807) is 7.85 Å². The van der Waals surface area contributed by atoms with Gasteiger partial charge in [-0.15, -0.1) is 0 Å². The van der Waals surface area contributed by atoms with Crippen LogP contribution < -0.4 is 5.64 Å². The molecule has 0 aromatic rings. The molecule has 130 valence electrons. The fourth-order valence-corrected chi connectivity index (χ4v) is 3.92. The number of nitrogens with zero attached hydrogens (tertiary/aromatic N) is 1. The van der Waals surface area contributed by atoms with Crippen molar-refractivity contribution in [2.45, 2.75) is 78.0 Å². The van der Waals surface area contributed by atoms with E-state index in [0.29, 0.717) is 6.61 Å². The Kier molecular flexibility index (Phi) is 7.98. The van der Waals surface area contributed by atoms with Gasteiger partial charge in [0.25, 0.3) is 8.53 Å². The molecule has 22 heavy (non-hydrogen) atoms. The smallest absolute Gasteiger partial charge is 0.280 e. The molecule has 5 atom stereocenters. The van der Waals surface area contributed by atoms with Gasteiger partial charge in [-0.3, -0.25) is 4.84 Å². The molecule has 0 spiro atoms. The minimum atomic E-state index is -1.61. The highest BCUT2D eigenvalue weighted by atomic mass is 31.2. The van der Waals surface area contributed by atoms with Crippen molar-refractivity contribution in [3.8, 4) is 0 Å². The molecule has 0 saturated carbocycles. The van der Waals surface area contributed by atoms with Crippen molar-refractivity contribution < 1.29 is 24.5 Å². The number of hydrogen-bond donors (Lipinski definition) is 1. The second-order valence-corrected chi connectivity index (χ2v) is 7.14. The monoisotopic (exact) mass is 339 g/mol. The Bertz CT molecular complexity index is 341. The molecule has 1 N–H and O–H groups in total. The Morgan fingerprint density at radius 2 is 2.05 bits per heavy atom. The molecule has 0 aromatic heterocycles. The Morgan fingerprint density at radius 1 is 1.41 bits per heavy atom. The Hall–Kier alpha value is 0.185. The molecule has 1 saturated heterocycles. The normalized spacial score (nSPS) is 31.2. The zero-order chi connectivity index (χ0) is 17.6. The third-order valence-electron chi connectivity index (χ3n) is 3.30. The van der Waals surface area contributed by atoms with E-state index in [1.807, 2.05) is 39.3 Å². The van der Waals surface area contributed by atoms with Gasteiger partial charge in [0.2, 0.25) is 0 Å². The first kappa shape index (κ1) is 18.5. The predicted molar refractivity (Wildman–Crippen MR) is 87.5 cm³/mol. The van der Waals surface area contributed by atoms with Crippen molar-refractivity contribution in [2.75, 3.05) is 6.61 Å². The van der Waals surface area contributed by atoms with E-state index < -0.39 is 32.9 Å². The maximum Gasteiger partial charge on any atom is 0.280 e. The first-order valence-corrected chi connectivity index (χ1v) is 8.84. The van der Waals surface area contributed by atoms with Crippen LogP contribution in [0.1, 0.15) is 42.9 Å². The lowest BCUT2D eigenvalue weighted by Crippen LogP contribution is -2.38. The van der Waals surface area contributed by atoms with Crippen molar-refractivity contribution in [3.63, 3.8) is 0 Å². The van der Waals surface area contributed by atoms with Crippen LogP contribution in [0.2, 0.25) is 0 Å². The molecule has 1 fully saturated rings. The highest BCUT2D eigenvalue weighted by Crippen LogP contribution is 2.48. The summed E-state index contributed by atoms with van der Waals surface area (Å²) in [6.07, 6.45) is -2.70. The fraction of sp³-hybridized carbons (Fsp3) is 1.00. The first-order chi connectivity index (χ1) is 10.8. The second kappa shape index (κ2) is 9.47. The van der Waals surface area contributed by atoms with Gasteiger partial charge in [0, 0.05) is 13.5 Å². The highest BCUT2D eigenvalue weighted by Gasteiger charge is 2.44. The third-order valence-corrected chi connectivity index (χ3v) is 5.25. The standard InChI is InChI=1S/C13H29BFN2O4P/c1-7-18-16-21-22(17(8(2)3)9(4)5)20-12-10(6)19-13(14)11(12)15/h8-13,16H,7,14H2,1-6H3/t10-,11+,12-,13-,22?/m1/s1/i6D.